The number of hydrogen-bond acceptors (Lipinski definition) is 3. The number of carboxylic acid groups (broad SMARTS) is 1. The van der Waals surface area contributed by atoms with E-state index < -0.39 is 17.7 Å². The van der Waals surface area contributed by atoms with E-state index >= 15 is 0 Å². The number of ether oxygens (including phenoxy) is 1. The van der Waals surface area contributed by atoms with Crippen LogP contribution in [0.1, 0.15) is 32.8 Å². The average molecular weight is 383 g/mol. The maximum atomic E-state index is 11.1. The Balaban J connectivity index is 0.000000281. The summed E-state index contributed by atoms with van der Waals surface area (Å²) in [5.74, 6) is -1.05. The third-order valence-corrected chi connectivity index (χ3v) is 3.56. The highest BCUT2D eigenvalue weighted by Crippen LogP contribution is 2.18. The predicted octanol–water partition coefficient (Wildman–Crippen LogP) is 5.20. The molecule has 1 amide bonds. The van der Waals surface area contributed by atoms with Crippen LogP contribution in [0.25, 0.3) is 11.1 Å². The fourth-order valence-electron chi connectivity index (χ4n) is 2.11. The van der Waals surface area contributed by atoms with Crippen molar-refractivity contribution in [3.63, 3.8) is 0 Å². The molecule has 2 aromatic rings. The molecule has 5 nitrogen and oxygen atoms in total. The van der Waals surface area contributed by atoms with E-state index in [1.54, 1.807) is 20.8 Å². The number of carboxylic acids is 1. The normalized spacial score (nSPS) is 10.3. The van der Waals surface area contributed by atoms with Gasteiger partial charge in [-0.05, 0) is 45.2 Å². The van der Waals surface area contributed by atoms with Gasteiger partial charge in [-0.3, -0.25) is 0 Å². The third-order valence-electron chi connectivity index (χ3n) is 3.56. The zero-order valence-electron chi connectivity index (χ0n) is 17.0. The SMILES string of the molecule is C=C(CCNC(=O)OC(C)(C)C)C(=O)O.Cc1ccc(-c2ccccc2)cc1. The van der Waals surface area contributed by atoms with Gasteiger partial charge >= 0.3 is 12.1 Å². The maximum absolute atomic E-state index is 11.1. The summed E-state index contributed by atoms with van der Waals surface area (Å²) >= 11 is 0. The van der Waals surface area contributed by atoms with Gasteiger partial charge in [-0.2, -0.15) is 0 Å². The molecule has 28 heavy (non-hydrogen) atoms. The molecule has 0 aromatic heterocycles. The Labute approximate surface area is 167 Å². The fourth-order valence-corrected chi connectivity index (χ4v) is 2.11. The van der Waals surface area contributed by atoms with Crippen LogP contribution in [0.3, 0.4) is 0 Å². The van der Waals surface area contributed by atoms with Crippen LogP contribution in [0.15, 0.2) is 66.7 Å². The van der Waals surface area contributed by atoms with Crippen LogP contribution in [0.4, 0.5) is 4.79 Å². The van der Waals surface area contributed by atoms with E-state index in [0.717, 1.165) is 0 Å². The van der Waals surface area contributed by atoms with Crippen molar-refractivity contribution in [3.8, 4) is 11.1 Å². The summed E-state index contributed by atoms with van der Waals surface area (Å²) in [4.78, 5) is 21.5. The van der Waals surface area contributed by atoms with Gasteiger partial charge in [0.25, 0.3) is 0 Å². The Hall–Kier alpha value is -3.08. The fraction of sp³-hybridized carbons (Fsp3) is 0.304. The second kappa shape index (κ2) is 10.9. The summed E-state index contributed by atoms with van der Waals surface area (Å²) in [6.07, 6.45) is -0.352. The Morgan fingerprint density at radius 1 is 1.00 bits per heavy atom. The summed E-state index contributed by atoms with van der Waals surface area (Å²) in [6.45, 7) is 10.9. The molecule has 0 unspecified atom stereocenters. The van der Waals surface area contributed by atoms with E-state index in [1.807, 2.05) is 6.07 Å². The summed E-state index contributed by atoms with van der Waals surface area (Å²) in [7, 11) is 0. The van der Waals surface area contributed by atoms with Crippen LogP contribution in [-0.4, -0.2) is 29.3 Å². The number of hydrogen-bond donors (Lipinski definition) is 2. The molecule has 0 saturated heterocycles. The Kier molecular flexibility index (Phi) is 8.96. The number of alkyl carbamates (subject to hydrolysis) is 1. The lowest BCUT2D eigenvalue weighted by atomic mass is 10.0. The van der Waals surface area contributed by atoms with Gasteiger partial charge in [0, 0.05) is 12.1 Å². The van der Waals surface area contributed by atoms with Crippen LogP contribution in [0, 0.1) is 6.92 Å². The Morgan fingerprint density at radius 2 is 1.54 bits per heavy atom. The van der Waals surface area contributed by atoms with Crippen molar-refractivity contribution < 1.29 is 19.4 Å². The molecule has 0 bridgehead atoms. The molecule has 0 spiro atoms. The van der Waals surface area contributed by atoms with Crippen molar-refractivity contribution in [1.82, 2.24) is 5.32 Å². The predicted molar refractivity (Wildman–Crippen MR) is 112 cm³/mol. The molecule has 2 rings (SSSR count). The first-order chi connectivity index (χ1) is 13.1. The molecule has 0 aliphatic carbocycles. The topological polar surface area (TPSA) is 75.6 Å². The first-order valence-corrected chi connectivity index (χ1v) is 9.08. The van der Waals surface area contributed by atoms with Crippen molar-refractivity contribution >= 4 is 12.1 Å². The molecule has 0 aliphatic heterocycles. The molecule has 0 heterocycles. The molecule has 2 N–H and O–H groups in total. The standard InChI is InChI=1S/C13H12.C10H17NO4/c1-11-7-9-13(10-8-11)12-5-3-2-4-6-12;1-7(8(12)13)5-6-11-9(14)15-10(2,3)4/h2-10H,1H3;1,5-6H2,2-4H3,(H,11,14)(H,12,13). The van der Waals surface area contributed by atoms with Crippen molar-refractivity contribution in [2.45, 2.75) is 39.7 Å². The minimum atomic E-state index is -1.05. The van der Waals surface area contributed by atoms with Gasteiger partial charge in [0.05, 0.1) is 0 Å². The number of carbonyl (C=O) groups excluding carboxylic acids is 1. The van der Waals surface area contributed by atoms with E-state index in [0.29, 0.717) is 0 Å². The van der Waals surface area contributed by atoms with E-state index in [4.69, 9.17) is 9.84 Å². The first-order valence-electron chi connectivity index (χ1n) is 9.08. The minimum Gasteiger partial charge on any atom is -0.478 e. The molecule has 2 aromatic carbocycles. The molecule has 0 aliphatic rings. The molecule has 5 heteroatoms. The molecule has 150 valence electrons. The summed E-state index contributed by atoms with van der Waals surface area (Å²) in [5.41, 5.74) is 3.38. The minimum absolute atomic E-state index is 0.0612. The van der Waals surface area contributed by atoms with Gasteiger partial charge in [0.2, 0.25) is 0 Å². The number of nitrogens with one attached hydrogen (secondary N) is 1. The van der Waals surface area contributed by atoms with Crippen LogP contribution in [0.2, 0.25) is 0 Å². The van der Waals surface area contributed by atoms with Gasteiger partial charge < -0.3 is 15.2 Å². The van der Waals surface area contributed by atoms with E-state index in [-0.39, 0.29) is 18.5 Å². The van der Waals surface area contributed by atoms with Crippen molar-refractivity contribution in [2.75, 3.05) is 6.54 Å². The lowest BCUT2D eigenvalue weighted by Gasteiger charge is -2.19. The van der Waals surface area contributed by atoms with Crippen LogP contribution < -0.4 is 5.32 Å². The van der Waals surface area contributed by atoms with Crippen molar-refractivity contribution in [3.05, 3.63) is 72.3 Å². The largest absolute Gasteiger partial charge is 0.478 e. The first kappa shape index (κ1) is 23.0. The molecular weight excluding hydrogens is 354 g/mol. The number of rotatable bonds is 5. The molecule has 0 fully saturated rings. The van der Waals surface area contributed by atoms with E-state index in [1.165, 1.54) is 16.7 Å². The molecule has 0 radical (unpaired) electrons. The third kappa shape index (κ3) is 9.57. The van der Waals surface area contributed by atoms with E-state index in [2.05, 4.69) is 67.4 Å². The molecular formula is C23H29NO4. The van der Waals surface area contributed by atoms with Gasteiger partial charge in [0.1, 0.15) is 5.60 Å². The van der Waals surface area contributed by atoms with Crippen LogP contribution in [0.5, 0.6) is 0 Å². The van der Waals surface area contributed by atoms with Gasteiger partial charge in [-0.15, -0.1) is 0 Å². The van der Waals surface area contributed by atoms with Gasteiger partial charge in [-0.1, -0.05) is 66.7 Å². The highest BCUT2D eigenvalue weighted by atomic mass is 16.6. The smallest absolute Gasteiger partial charge is 0.407 e. The second-order valence-electron chi connectivity index (χ2n) is 7.32. The number of aryl methyl sites for hydroxylation is 1. The van der Waals surface area contributed by atoms with Crippen LogP contribution >= 0.6 is 0 Å². The summed E-state index contributed by atoms with van der Waals surface area (Å²) < 4.78 is 4.95. The summed E-state index contributed by atoms with van der Waals surface area (Å²) in [5, 5.41) is 10.9. The Bertz CT molecular complexity index is 774. The van der Waals surface area contributed by atoms with Crippen molar-refractivity contribution in [2.24, 2.45) is 0 Å². The Morgan fingerprint density at radius 3 is 2.04 bits per heavy atom. The lowest BCUT2D eigenvalue weighted by Crippen LogP contribution is -2.33. The lowest BCUT2D eigenvalue weighted by molar-refractivity contribution is -0.132. The highest BCUT2D eigenvalue weighted by molar-refractivity contribution is 5.85. The monoisotopic (exact) mass is 383 g/mol. The quantitative estimate of drug-likeness (QED) is 0.696. The molecule has 0 saturated carbocycles. The zero-order valence-corrected chi connectivity index (χ0v) is 17.0. The van der Waals surface area contributed by atoms with Crippen molar-refractivity contribution in [1.29, 1.82) is 0 Å². The van der Waals surface area contributed by atoms with E-state index in [9.17, 15) is 9.59 Å². The average Bonchev–Trinajstić information content (AvgIpc) is 2.62. The van der Waals surface area contributed by atoms with Gasteiger partial charge in [-0.25, -0.2) is 9.59 Å². The highest BCUT2D eigenvalue weighted by Gasteiger charge is 2.15. The second-order valence-corrected chi connectivity index (χ2v) is 7.32. The number of aliphatic carboxylic acids is 1. The van der Waals surface area contributed by atoms with Gasteiger partial charge in [0.15, 0.2) is 0 Å². The maximum Gasteiger partial charge on any atom is 0.407 e. The zero-order chi connectivity index (χ0) is 21.2. The number of amides is 1. The summed E-state index contributed by atoms with van der Waals surface area (Å²) in [6, 6.07) is 19.0. The van der Waals surface area contributed by atoms with Crippen LogP contribution in [-0.2, 0) is 9.53 Å². The number of carbonyl (C=O) groups is 2. The number of benzene rings is 2. The molecule has 0 atom stereocenters.